The van der Waals surface area contributed by atoms with Crippen molar-refractivity contribution in [1.82, 2.24) is 10.6 Å². The highest BCUT2D eigenvalue weighted by Crippen LogP contribution is 2.00. The minimum absolute atomic E-state index is 0.310. The number of rotatable bonds is 7. The number of carbonyl (C=O) groups is 1. The van der Waals surface area contributed by atoms with E-state index in [1.807, 2.05) is 6.92 Å². The molecule has 0 aromatic heterocycles. The summed E-state index contributed by atoms with van der Waals surface area (Å²) in [6.45, 7) is 7.22. The van der Waals surface area contributed by atoms with Gasteiger partial charge in [0.2, 0.25) is 6.41 Å². The van der Waals surface area contributed by atoms with Gasteiger partial charge in [0.1, 0.15) is 0 Å². The monoisotopic (exact) mass is 233 g/mol. The molecule has 0 saturated heterocycles. The minimum atomic E-state index is -0.486. The SMILES string of the molecule is CC(C)C[C@@H](C)N.CNCC(O)CNC=O. The molecule has 0 aliphatic rings. The Morgan fingerprint density at radius 3 is 2.12 bits per heavy atom. The smallest absolute Gasteiger partial charge is 0.207 e. The Bertz CT molecular complexity index is 146. The van der Waals surface area contributed by atoms with E-state index < -0.39 is 6.10 Å². The first-order valence-electron chi connectivity index (χ1n) is 5.69. The zero-order valence-electron chi connectivity index (χ0n) is 10.9. The van der Waals surface area contributed by atoms with Crippen LogP contribution in [0.1, 0.15) is 27.2 Å². The Hall–Kier alpha value is -0.650. The molecule has 0 aliphatic heterocycles. The van der Waals surface area contributed by atoms with Crippen LogP contribution in [-0.4, -0.2) is 43.8 Å². The molecule has 0 aromatic rings. The summed E-state index contributed by atoms with van der Waals surface area (Å²) in [4.78, 5) is 9.67. The quantitative estimate of drug-likeness (QED) is 0.454. The maximum absolute atomic E-state index is 9.67. The van der Waals surface area contributed by atoms with Gasteiger partial charge < -0.3 is 21.5 Å². The van der Waals surface area contributed by atoms with Crippen LogP contribution in [0.25, 0.3) is 0 Å². The Kier molecular flexibility index (Phi) is 13.8. The summed E-state index contributed by atoms with van der Waals surface area (Å²) in [5, 5.41) is 14.0. The third-order valence-electron chi connectivity index (χ3n) is 1.72. The predicted molar refractivity (Wildman–Crippen MR) is 67.1 cm³/mol. The third-order valence-corrected chi connectivity index (χ3v) is 1.72. The molecule has 0 aliphatic carbocycles. The zero-order valence-corrected chi connectivity index (χ0v) is 10.9. The molecule has 98 valence electrons. The molecule has 0 bridgehead atoms. The lowest BCUT2D eigenvalue weighted by atomic mass is 10.1. The summed E-state index contributed by atoms with van der Waals surface area (Å²) < 4.78 is 0. The molecular weight excluding hydrogens is 206 g/mol. The first-order chi connectivity index (χ1) is 7.43. The van der Waals surface area contributed by atoms with Gasteiger partial charge in [-0.25, -0.2) is 0 Å². The van der Waals surface area contributed by atoms with E-state index in [0.717, 1.165) is 12.3 Å². The minimum Gasteiger partial charge on any atom is -0.390 e. The lowest BCUT2D eigenvalue weighted by Crippen LogP contribution is -2.33. The van der Waals surface area contributed by atoms with E-state index in [0.29, 0.717) is 25.5 Å². The number of carbonyl (C=O) groups excluding carboxylic acids is 1. The largest absolute Gasteiger partial charge is 0.390 e. The van der Waals surface area contributed by atoms with Gasteiger partial charge in [0, 0.05) is 19.1 Å². The van der Waals surface area contributed by atoms with Crippen molar-refractivity contribution in [1.29, 1.82) is 0 Å². The molecule has 16 heavy (non-hydrogen) atoms. The molecular formula is C11H27N3O2. The molecule has 0 rings (SSSR count). The van der Waals surface area contributed by atoms with Crippen LogP contribution in [-0.2, 0) is 4.79 Å². The predicted octanol–water partition coefficient (Wildman–Crippen LogP) is -0.308. The highest BCUT2D eigenvalue weighted by molar-refractivity contribution is 5.45. The van der Waals surface area contributed by atoms with E-state index in [2.05, 4.69) is 24.5 Å². The number of hydrogen-bond donors (Lipinski definition) is 4. The van der Waals surface area contributed by atoms with E-state index in [4.69, 9.17) is 10.8 Å². The van der Waals surface area contributed by atoms with Crippen molar-refractivity contribution >= 4 is 6.41 Å². The highest BCUT2D eigenvalue weighted by atomic mass is 16.3. The van der Waals surface area contributed by atoms with Crippen LogP contribution in [0, 0.1) is 5.92 Å². The maximum atomic E-state index is 9.67. The Balaban J connectivity index is 0. The molecule has 2 atom stereocenters. The maximum Gasteiger partial charge on any atom is 0.207 e. The summed E-state index contributed by atoms with van der Waals surface area (Å²) in [6.07, 6.45) is 1.22. The second-order valence-corrected chi connectivity index (χ2v) is 4.34. The van der Waals surface area contributed by atoms with Gasteiger partial charge in [-0.1, -0.05) is 13.8 Å². The van der Waals surface area contributed by atoms with Crippen molar-refractivity contribution in [2.45, 2.75) is 39.3 Å². The molecule has 5 N–H and O–H groups in total. The van der Waals surface area contributed by atoms with E-state index in [9.17, 15) is 4.79 Å². The summed E-state index contributed by atoms with van der Waals surface area (Å²) >= 11 is 0. The highest BCUT2D eigenvalue weighted by Gasteiger charge is 1.98. The summed E-state index contributed by atoms with van der Waals surface area (Å²) in [5.41, 5.74) is 5.49. The van der Waals surface area contributed by atoms with Gasteiger partial charge in [-0.15, -0.1) is 0 Å². The van der Waals surface area contributed by atoms with E-state index in [1.165, 1.54) is 0 Å². The van der Waals surface area contributed by atoms with Crippen LogP contribution in [0.5, 0.6) is 0 Å². The van der Waals surface area contributed by atoms with E-state index in [1.54, 1.807) is 7.05 Å². The number of aliphatic hydroxyl groups excluding tert-OH is 1. The Morgan fingerprint density at radius 2 is 1.88 bits per heavy atom. The summed E-state index contributed by atoms with van der Waals surface area (Å²) in [7, 11) is 1.74. The van der Waals surface area contributed by atoms with Gasteiger partial charge >= 0.3 is 0 Å². The zero-order chi connectivity index (χ0) is 13.0. The standard InChI is InChI=1S/C6H15N.C5H12N2O2/c1-5(2)4-6(3)7;1-6-2-5(9)3-7-4-8/h5-6H,4,7H2,1-3H3;4-6,9H,2-3H2,1H3,(H,7,8)/t6-;/m1./s1. The van der Waals surface area contributed by atoms with Crippen LogP contribution in [0.4, 0.5) is 0 Å². The third kappa shape index (κ3) is 19.0. The fraction of sp³-hybridized carbons (Fsp3) is 0.909. The molecule has 5 nitrogen and oxygen atoms in total. The lowest BCUT2D eigenvalue weighted by Gasteiger charge is -2.06. The van der Waals surface area contributed by atoms with Crippen molar-refractivity contribution in [2.75, 3.05) is 20.1 Å². The lowest BCUT2D eigenvalue weighted by molar-refractivity contribution is -0.109. The number of nitrogens with two attached hydrogens (primary N) is 1. The van der Waals surface area contributed by atoms with Crippen molar-refractivity contribution in [3.8, 4) is 0 Å². The van der Waals surface area contributed by atoms with E-state index >= 15 is 0 Å². The Morgan fingerprint density at radius 1 is 1.31 bits per heavy atom. The van der Waals surface area contributed by atoms with Crippen molar-refractivity contribution in [3.63, 3.8) is 0 Å². The van der Waals surface area contributed by atoms with E-state index in [-0.39, 0.29) is 0 Å². The van der Waals surface area contributed by atoms with Crippen molar-refractivity contribution in [2.24, 2.45) is 11.7 Å². The van der Waals surface area contributed by atoms with Gasteiger partial charge in [0.05, 0.1) is 6.10 Å². The fourth-order valence-electron chi connectivity index (χ4n) is 1.24. The number of nitrogens with one attached hydrogen (secondary N) is 2. The number of aliphatic hydroxyl groups is 1. The molecule has 0 fully saturated rings. The topological polar surface area (TPSA) is 87.4 Å². The molecule has 1 amide bonds. The molecule has 0 radical (unpaired) electrons. The average molecular weight is 233 g/mol. The van der Waals surface area contributed by atoms with Crippen LogP contribution in [0.2, 0.25) is 0 Å². The first-order valence-corrected chi connectivity index (χ1v) is 5.69. The first kappa shape index (κ1) is 17.7. The molecule has 0 spiro atoms. The van der Waals surface area contributed by atoms with Gasteiger partial charge in [0.15, 0.2) is 0 Å². The number of likely N-dealkylation sites (N-methyl/N-ethyl adjacent to an activating group) is 1. The van der Waals surface area contributed by atoms with Gasteiger partial charge in [0.25, 0.3) is 0 Å². The molecule has 0 heterocycles. The van der Waals surface area contributed by atoms with Crippen molar-refractivity contribution in [3.05, 3.63) is 0 Å². The normalized spacial score (nSPS) is 13.7. The van der Waals surface area contributed by atoms with Gasteiger partial charge in [-0.05, 0) is 26.3 Å². The second kappa shape index (κ2) is 12.4. The van der Waals surface area contributed by atoms with Crippen LogP contribution >= 0.6 is 0 Å². The molecule has 5 heteroatoms. The summed E-state index contributed by atoms with van der Waals surface area (Å²) in [6, 6.07) is 0.375. The van der Waals surface area contributed by atoms with Gasteiger partial charge in [-0.2, -0.15) is 0 Å². The van der Waals surface area contributed by atoms with Gasteiger partial charge in [-0.3, -0.25) is 4.79 Å². The fourth-order valence-corrected chi connectivity index (χ4v) is 1.24. The average Bonchev–Trinajstić information content (AvgIpc) is 2.14. The molecule has 0 saturated carbocycles. The number of amides is 1. The second-order valence-electron chi connectivity index (χ2n) is 4.34. The Labute approximate surface area is 98.8 Å². The van der Waals surface area contributed by atoms with Crippen LogP contribution in [0.3, 0.4) is 0 Å². The molecule has 1 unspecified atom stereocenters. The van der Waals surface area contributed by atoms with Crippen LogP contribution < -0.4 is 16.4 Å². The summed E-state index contributed by atoms with van der Waals surface area (Å²) in [5.74, 6) is 0.750. The molecule has 0 aromatic carbocycles. The van der Waals surface area contributed by atoms with Crippen LogP contribution in [0.15, 0.2) is 0 Å². The number of hydrogen-bond acceptors (Lipinski definition) is 4. The van der Waals surface area contributed by atoms with Crippen molar-refractivity contribution < 1.29 is 9.90 Å².